The number of urea groups is 1. The van der Waals surface area contributed by atoms with E-state index in [2.05, 4.69) is 20.6 Å². The summed E-state index contributed by atoms with van der Waals surface area (Å²) >= 11 is 17.5. The summed E-state index contributed by atoms with van der Waals surface area (Å²) in [6.45, 7) is 5.91. The number of rotatable bonds is 4. The van der Waals surface area contributed by atoms with Gasteiger partial charge in [0.25, 0.3) is 5.91 Å². The molecule has 0 radical (unpaired) electrons. The Morgan fingerprint density at radius 2 is 1.88 bits per heavy atom. The summed E-state index contributed by atoms with van der Waals surface area (Å²) in [6.07, 6.45) is 2.40. The molecule has 6 nitrogen and oxygen atoms in total. The second kappa shape index (κ2) is 8.66. The second-order valence-electron chi connectivity index (χ2n) is 5.75. The van der Waals surface area contributed by atoms with E-state index in [1.165, 1.54) is 6.07 Å². The van der Waals surface area contributed by atoms with Crippen molar-refractivity contribution in [1.82, 2.24) is 15.3 Å². The van der Waals surface area contributed by atoms with Crippen LogP contribution in [0, 0.1) is 0 Å². The van der Waals surface area contributed by atoms with Gasteiger partial charge in [-0.15, -0.1) is 0 Å². The van der Waals surface area contributed by atoms with Gasteiger partial charge in [0.2, 0.25) is 0 Å². The van der Waals surface area contributed by atoms with Crippen molar-refractivity contribution < 1.29 is 9.59 Å². The molecular formula is C17H17Cl3N4O2. The first kappa shape index (κ1) is 20.4. The van der Waals surface area contributed by atoms with Gasteiger partial charge in [0.1, 0.15) is 10.3 Å². The Kier molecular flexibility index (Phi) is 6.81. The summed E-state index contributed by atoms with van der Waals surface area (Å²) in [6, 6.07) is 2.37. The Hall–Kier alpha value is -1.89. The number of aromatic nitrogens is 2. The first-order valence-electron chi connectivity index (χ1n) is 7.86. The van der Waals surface area contributed by atoms with Crippen LogP contribution in [-0.2, 0) is 6.42 Å². The van der Waals surface area contributed by atoms with Crippen molar-refractivity contribution in [3.05, 3.63) is 50.5 Å². The molecule has 0 saturated heterocycles. The zero-order valence-electron chi connectivity index (χ0n) is 14.4. The highest BCUT2D eigenvalue weighted by molar-refractivity contribution is 6.42. The minimum Gasteiger partial charge on any atom is -0.306 e. The third-order valence-corrected chi connectivity index (χ3v) is 4.55. The normalized spacial score (nSPS) is 10.7. The predicted molar refractivity (Wildman–Crippen MR) is 103 cm³/mol. The zero-order chi connectivity index (χ0) is 19.4. The number of halogens is 3. The molecule has 0 aliphatic heterocycles. The monoisotopic (exact) mass is 414 g/mol. The second-order valence-corrected chi connectivity index (χ2v) is 6.87. The van der Waals surface area contributed by atoms with Crippen LogP contribution < -0.4 is 10.6 Å². The largest absolute Gasteiger partial charge is 0.326 e. The van der Waals surface area contributed by atoms with Crippen molar-refractivity contribution >= 4 is 52.4 Å². The van der Waals surface area contributed by atoms with E-state index in [4.69, 9.17) is 34.8 Å². The first-order chi connectivity index (χ1) is 12.2. The van der Waals surface area contributed by atoms with Crippen LogP contribution >= 0.6 is 34.8 Å². The average Bonchev–Trinajstić information content (AvgIpc) is 2.57. The third kappa shape index (κ3) is 4.63. The fourth-order valence-corrected chi connectivity index (χ4v) is 2.88. The molecule has 138 valence electrons. The molecule has 2 N–H and O–H groups in total. The molecule has 0 atom stereocenters. The number of amides is 3. The van der Waals surface area contributed by atoms with Gasteiger partial charge in [-0.2, -0.15) is 0 Å². The van der Waals surface area contributed by atoms with E-state index in [0.29, 0.717) is 12.1 Å². The average molecular weight is 416 g/mol. The molecule has 9 heteroatoms. The van der Waals surface area contributed by atoms with Gasteiger partial charge < -0.3 is 5.32 Å². The predicted octanol–water partition coefficient (Wildman–Crippen LogP) is 5.08. The van der Waals surface area contributed by atoms with Crippen molar-refractivity contribution in [2.45, 2.75) is 33.1 Å². The Labute approximate surface area is 166 Å². The van der Waals surface area contributed by atoms with Crippen LogP contribution in [0.3, 0.4) is 0 Å². The molecule has 2 rings (SSSR count). The number of imide groups is 1. The molecule has 26 heavy (non-hydrogen) atoms. The van der Waals surface area contributed by atoms with Crippen LogP contribution in [0.4, 0.5) is 10.5 Å². The molecule has 2 aromatic heterocycles. The number of hydrogen-bond donors (Lipinski definition) is 2. The van der Waals surface area contributed by atoms with E-state index in [1.54, 1.807) is 6.20 Å². The molecule has 0 aromatic carbocycles. The van der Waals surface area contributed by atoms with E-state index in [0.717, 1.165) is 11.3 Å². The quantitative estimate of drug-likeness (QED) is 0.682. The minimum absolute atomic E-state index is 0.0257. The number of carbonyl (C=O) groups is 2. The van der Waals surface area contributed by atoms with Crippen LogP contribution in [-0.4, -0.2) is 21.9 Å². The van der Waals surface area contributed by atoms with Crippen LogP contribution in [0.5, 0.6) is 0 Å². The summed E-state index contributed by atoms with van der Waals surface area (Å²) in [7, 11) is 0. The molecular weight excluding hydrogens is 399 g/mol. The van der Waals surface area contributed by atoms with Gasteiger partial charge in [0, 0.05) is 6.20 Å². The number of carbonyl (C=O) groups excluding carboxylic acids is 2. The maximum Gasteiger partial charge on any atom is 0.326 e. The smallest absolute Gasteiger partial charge is 0.306 e. The Morgan fingerprint density at radius 3 is 2.50 bits per heavy atom. The maximum absolute atomic E-state index is 12.3. The molecule has 2 aromatic rings. The molecule has 0 unspecified atom stereocenters. The van der Waals surface area contributed by atoms with E-state index >= 15 is 0 Å². The first-order valence-corrected chi connectivity index (χ1v) is 8.99. The molecule has 0 aliphatic carbocycles. The fourth-order valence-electron chi connectivity index (χ4n) is 2.32. The van der Waals surface area contributed by atoms with Crippen molar-refractivity contribution in [2.24, 2.45) is 0 Å². The number of nitrogens with zero attached hydrogens (tertiary/aromatic N) is 2. The SMILES string of the molecule is CCc1ccnc(C(C)C)c1NC(=O)NC(=O)c1cc(Cl)c(Cl)nc1Cl. The van der Waals surface area contributed by atoms with Gasteiger partial charge in [-0.25, -0.2) is 9.78 Å². The highest BCUT2D eigenvalue weighted by Crippen LogP contribution is 2.27. The summed E-state index contributed by atoms with van der Waals surface area (Å²) in [5, 5.41) is 4.79. The lowest BCUT2D eigenvalue weighted by Crippen LogP contribution is -2.35. The molecule has 2 heterocycles. The van der Waals surface area contributed by atoms with Crippen LogP contribution in [0.15, 0.2) is 18.3 Å². The van der Waals surface area contributed by atoms with Gasteiger partial charge >= 0.3 is 6.03 Å². The van der Waals surface area contributed by atoms with E-state index in [1.807, 2.05) is 26.8 Å². The molecule has 0 aliphatic rings. The zero-order valence-corrected chi connectivity index (χ0v) is 16.6. The van der Waals surface area contributed by atoms with Crippen molar-refractivity contribution in [1.29, 1.82) is 0 Å². The maximum atomic E-state index is 12.3. The van der Waals surface area contributed by atoms with Crippen molar-refractivity contribution in [3.8, 4) is 0 Å². The number of pyridine rings is 2. The van der Waals surface area contributed by atoms with Crippen LogP contribution in [0.25, 0.3) is 0 Å². The van der Waals surface area contributed by atoms with E-state index in [-0.39, 0.29) is 26.8 Å². The Bertz CT molecular complexity index is 856. The summed E-state index contributed by atoms with van der Waals surface area (Å²) in [5.41, 5.74) is 2.19. The topological polar surface area (TPSA) is 84.0 Å². The Balaban J connectivity index is 2.22. The molecule has 3 amide bonds. The fraction of sp³-hybridized carbons (Fsp3) is 0.294. The highest BCUT2D eigenvalue weighted by Gasteiger charge is 2.19. The van der Waals surface area contributed by atoms with Gasteiger partial charge in [0.15, 0.2) is 0 Å². The highest BCUT2D eigenvalue weighted by atomic mass is 35.5. The summed E-state index contributed by atoms with van der Waals surface area (Å²) < 4.78 is 0. The van der Waals surface area contributed by atoms with Gasteiger partial charge in [-0.05, 0) is 30.0 Å². The van der Waals surface area contributed by atoms with Gasteiger partial charge in [-0.3, -0.25) is 15.1 Å². The van der Waals surface area contributed by atoms with E-state index < -0.39 is 11.9 Å². The van der Waals surface area contributed by atoms with Crippen LogP contribution in [0.1, 0.15) is 48.3 Å². The molecule has 0 spiro atoms. The van der Waals surface area contributed by atoms with Crippen molar-refractivity contribution in [2.75, 3.05) is 5.32 Å². The van der Waals surface area contributed by atoms with Gasteiger partial charge in [-0.1, -0.05) is 55.6 Å². The summed E-state index contributed by atoms with van der Waals surface area (Å²) in [4.78, 5) is 32.7. The Morgan fingerprint density at radius 1 is 1.19 bits per heavy atom. The number of hydrogen-bond acceptors (Lipinski definition) is 4. The number of nitrogens with one attached hydrogen (secondary N) is 2. The van der Waals surface area contributed by atoms with Crippen molar-refractivity contribution in [3.63, 3.8) is 0 Å². The lowest BCUT2D eigenvalue weighted by atomic mass is 10.0. The molecule has 0 saturated carbocycles. The van der Waals surface area contributed by atoms with Gasteiger partial charge in [0.05, 0.1) is 22.0 Å². The number of anilines is 1. The lowest BCUT2D eigenvalue weighted by Gasteiger charge is -2.16. The molecule has 0 fully saturated rings. The number of aryl methyl sites for hydroxylation is 1. The lowest BCUT2D eigenvalue weighted by molar-refractivity contribution is 0.0967. The third-order valence-electron chi connectivity index (χ3n) is 3.59. The molecule has 0 bridgehead atoms. The van der Waals surface area contributed by atoms with E-state index in [9.17, 15) is 9.59 Å². The standard InChI is InChI=1S/C17H17Cl3N4O2/c1-4-9-5-6-21-12(8(2)3)13(9)22-17(26)24-16(25)10-7-11(18)15(20)23-14(10)19/h5-8H,4H2,1-3H3,(H2,22,24,25,26). The van der Waals surface area contributed by atoms with Crippen LogP contribution in [0.2, 0.25) is 15.3 Å². The summed E-state index contributed by atoms with van der Waals surface area (Å²) in [5.74, 6) is -0.646. The minimum atomic E-state index is -0.744.